The van der Waals surface area contributed by atoms with E-state index in [0.717, 1.165) is 33.8 Å². The zero-order chi connectivity index (χ0) is 22.0. The average Bonchev–Trinajstić information content (AvgIpc) is 3.21. The predicted molar refractivity (Wildman–Crippen MR) is 114 cm³/mol. The highest BCUT2D eigenvalue weighted by molar-refractivity contribution is 5.94. The summed E-state index contributed by atoms with van der Waals surface area (Å²) in [6.45, 7) is 1.69. The summed E-state index contributed by atoms with van der Waals surface area (Å²) in [6, 6.07) is 15.5. The first-order valence-corrected chi connectivity index (χ1v) is 9.80. The molecule has 7 heteroatoms. The number of nitrogens with one attached hydrogen (secondary N) is 2. The van der Waals surface area contributed by atoms with Gasteiger partial charge in [0.15, 0.2) is 0 Å². The fourth-order valence-electron chi connectivity index (χ4n) is 3.50. The molecular weight excluding hydrogens is 403 g/mol. The summed E-state index contributed by atoms with van der Waals surface area (Å²) in [5.74, 6) is -0.524. The number of aromatic amines is 1. The van der Waals surface area contributed by atoms with Crippen molar-refractivity contribution >= 4 is 16.9 Å². The Morgan fingerprint density at radius 1 is 1.06 bits per heavy atom. The van der Waals surface area contributed by atoms with E-state index in [-0.39, 0.29) is 11.1 Å². The molecule has 2 N–H and O–H groups in total. The second kappa shape index (κ2) is 8.26. The van der Waals surface area contributed by atoms with Crippen LogP contribution < -0.4 is 5.32 Å². The van der Waals surface area contributed by atoms with Gasteiger partial charge in [-0.05, 0) is 54.3 Å². The van der Waals surface area contributed by atoms with Crippen LogP contribution in [0.5, 0.6) is 0 Å². The molecule has 0 saturated heterocycles. The minimum Gasteiger partial charge on any atom is -0.352 e. The van der Waals surface area contributed by atoms with Crippen molar-refractivity contribution in [1.29, 1.82) is 0 Å². The lowest BCUT2D eigenvalue weighted by molar-refractivity contribution is -0.138. The number of nitrogens with zero attached hydrogens (tertiary/aromatic N) is 1. The van der Waals surface area contributed by atoms with Gasteiger partial charge in [-0.3, -0.25) is 4.79 Å². The minimum absolute atomic E-state index is 0.00226. The quantitative estimate of drug-likeness (QED) is 0.443. The maximum Gasteiger partial charge on any atom is 0.416 e. The molecule has 0 radical (unpaired) electrons. The molecule has 0 aliphatic carbocycles. The summed E-state index contributed by atoms with van der Waals surface area (Å²) in [7, 11) is 0. The van der Waals surface area contributed by atoms with Crippen molar-refractivity contribution in [3.8, 4) is 11.1 Å². The van der Waals surface area contributed by atoms with E-state index in [1.807, 2.05) is 36.5 Å². The summed E-state index contributed by atoms with van der Waals surface area (Å²) in [4.78, 5) is 19.8. The van der Waals surface area contributed by atoms with E-state index in [0.29, 0.717) is 13.0 Å². The number of fused-ring (bicyclic) bond motifs is 1. The van der Waals surface area contributed by atoms with Crippen LogP contribution in [0.3, 0.4) is 0 Å². The zero-order valence-electron chi connectivity index (χ0n) is 16.8. The van der Waals surface area contributed by atoms with Gasteiger partial charge < -0.3 is 10.3 Å². The van der Waals surface area contributed by atoms with Gasteiger partial charge in [0.1, 0.15) is 5.65 Å². The molecule has 31 heavy (non-hydrogen) atoms. The Bertz CT molecular complexity index is 1240. The predicted octanol–water partition coefficient (Wildman–Crippen LogP) is 5.53. The molecule has 158 valence electrons. The number of aromatic nitrogens is 2. The summed E-state index contributed by atoms with van der Waals surface area (Å²) in [5.41, 5.74) is 3.12. The van der Waals surface area contributed by atoms with E-state index in [4.69, 9.17) is 0 Å². The summed E-state index contributed by atoms with van der Waals surface area (Å²) >= 11 is 0. The minimum atomic E-state index is -4.49. The van der Waals surface area contributed by atoms with Gasteiger partial charge in [-0.15, -0.1) is 0 Å². The van der Waals surface area contributed by atoms with Gasteiger partial charge in [-0.1, -0.05) is 30.3 Å². The van der Waals surface area contributed by atoms with Gasteiger partial charge in [0.25, 0.3) is 5.91 Å². The van der Waals surface area contributed by atoms with Crippen molar-refractivity contribution in [3.63, 3.8) is 0 Å². The Balaban J connectivity index is 1.42. The number of H-pyrrole nitrogens is 1. The Morgan fingerprint density at radius 3 is 2.71 bits per heavy atom. The van der Waals surface area contributed by atoms with Crippen LogP contribution in [0.15, 0.2) is 67.0 Å². The second-order valence-electron chi connectivity index (χ2n) is 7.37. The number of rotatable bonds is 5. The number of aryl methyl sites for hydroxylation is 1. The van der Waals surface area contributed by atoms with E-state index in [1.165, 1.54) is 19.1 Å². The highest BCUT2D eigenvalue weighted by Crippen LogP contribution is 2.32. The van der Waals surface area contributed by atoms with Crippen LogP contribution in [-0.2, 0) is 12.6 Å². The van der Waals surface area contributed by atoms with Crippen molar-refractivity contribution in [2.24, 2.45) is 0 Å². The number of halogens is 3. The van der Waals surface area contributed by atoms with Crippen LogP contribution in [0.1, 0.15) is 27.0 Å². The normalized spacial score (nSPS) is 11.6. The molecule has 4 nitrogen and oxygen atoms in total. The van der Waals surface area contributed by atoms with E-state index in [9.17, 15) is 18.0 Å². The number of hydrogen-bond donors (Lipinski definition) is 2. The van der Waals surface area contributed by atoms with E-state index < -0.39 is 17.6 Å². The SMILES string of the molecule is Cc1ccc(C(=O)NCCc2cccc(-c3cnc4[nH]ccc4c3)c2)cc1C(F)(F)F. The number of benzene rings is 2. The zero-order valence-corrected chi connectivity index (χ0v) is 16.8. The lowest BCUT2D eigenvalue weighted by Gasteiger charge is -2.12. The lowest BCUT2D eigenvalue weighted by Crippen LogP contribution is -2.26. The third-order valence-corrected chi connectivity index (χ3v) is 5.16. The fourth-order valence-corrected chi connectivity index (χ4v) is 3.50. The van der Waals surface area contributed by atoms with Crippen molar-refractivity contribution in [3.05, 3.63) is 89.2 Å². The molecule has 0 fully saturated rings. The van der Waals surface area contributed by atoms with Crippen LogP contribution in [0.2, 0.25) is 0 Å². The molecule has 4 rings (SSSR count). The maximum absolute atomic E-state index is 13.1. The second-order valence-corrected chi connectivity index (χ2v) is 7.37. The smallest absolute Gasteiger partial charge is 0.352 e. The molecule has 2 aromatic carbocycles. The van der Waals surface area contributed by atoms with Gasteiger partial charge in [0.05, 0.1) is 5.56 Å². The summed E-state index contributed by atoms with van der Waals surface area (Å²) in [6.07, 6.45) is -0.294. The Kier molecular flexibility index (Phi) is 5.50. The molecule has 0 atom stereocenters. The van der Waals surface area contributed by atoms with Crippen LogP contribution >= 0.6 is 0 Å². The van der Waals surface area contributed by atoms with Gasteiger partial charge in [-0.25, -0.2) is 4.98 Å². The molecule has 1 amide bonds. The molecule has 2 aromatic heterocycles. The first kappa shape index (κ1) is 20.7. The van der Waals surface area contributed by atoms with Gasteiger partial charge in [-0.2, -0.15) is 13.2 Å². The van der Waals surface area contributed by atoms with E-state index in [1.54, 1.807) is 6.20 Å². The molecule has 0 aliphatic heterocycles. The third kappa shape index (κ3) is 4.60. The van der Waals surface area contributed by atoms with E-state index in [2.05, 4.69) is 21.4 Å². The monoisotopic (exact) mass is 423 g/mol. The van der Waals surface area contributed by atoms with Gasteiger partial charge in [0.2, 0.25) is 0 Å². The number of carbonyl (C=O) groups is 1. The Morgan fingerprint density at radius 2 is 1.90 bits per heavy atom. The molecule has 0 saturated carbocycles. The third-order valence-electron chi connectivity index (χ3n) is 5.16. The fraction of sp³-hybridized carbons (Fsp3) is 0.167. The van der Waals surface area contributed by atoms with Crippen LogP contribution in [-0.4, -0.2) is 22.4 Å². The summed E-state index contributed by atoms with van der Waals surface area (Å²) in [5, 5.41) is 3.72. The largest absolute Gasteiger partial charge is 0.416 e. The van der Waals surface area contributed by atoms with Gasteiger partial charge >= 0.3 is 6.18 Å². The molecule has 0 aliphatic rings. The number of hydrogen-bond acceptors (Lipinski definition) is 2. The molecule has 0 unspecified atom stereocenters. The van der Waals surface area contributed by atoms with Crippen molar-refractivity contribution < 1.29 is 18.0 Å². The lowest BCUT2D eigenvalue weighted by atomic mass is 10.0. The molecule has 4 aromatic rings. The van der Waals surface area contributed by atoms with Crippen molar-refractivity contribution in [1.82, 2.24) is 15.3 Å². The van der Waals surface area contributed by atoms with Crippen LogP contribution in [0, 0.1) is 6.92 Å². The van der Waals surface area contributed by atoms with Crippen molar-refractivity contribution in [2.75, 3.05) is 6.54 Å². The topological polar surface area (TPSA) is 57.8 Å². The first-order chi connectivity index (χ1) is 14.8. The summed E-state index contributed by atoms with van der Waals surface area (Å²) < 4.78 is 39.2. The van der Waals surface area contributed by atoms with Crippen molar-refractivity contribution in [2.45, 2.75) is 19.5 Å². The van der Waals surface area contributed by atoms with Crippen LogP contribution in [0.4, 0.5) is 13.2 Å². The van der Waals surface area contributed by atoms with E-state index >= 15 is 0 Å². The van der Waals surface area contributed by atoms with Gasteiger partial charge in [0, 0.05) is 35.5 Å². The van der Waals surface area contributed by atoms with Crippen LogP contribution in [0.25, 0.3) is 22.2 Å². The Labute approximate surface area is 177 Å². The highest BCUT2D eigenvalue weighted by Gasteiger charge is 2.32. The number of pyridine rings is 1. The highest BCUT2D eigenvalue weighted by atomic mass is 19.4. The number of carbonyl (C=O) groups excluding carboxylic acids is 1. The number of alkyl halides is 3. The molecule has 2 heterocycles. The maximum atomic E-state index is 13.1. The molecular formula is C24H20F3N3O. The average molecular weight is 423 g/mol. The molecule has 0 spiro atoms. The standard InChI is InChI=1S/C24H20F3N3O/c1-15-5-6-19(13-21(15)24(25,26)27)23(31)29-9-7-16-3-2-4-17(11-16)20-12-18-8-10-28-22(18)30-14-20/h2-6,8,10-14H,7,9H2,1H3,(H,28,30)(H,29,31). The molecule has 0 bridgehead atoms. The number of amides is 1. The first-order valence-electron chi connectivity index (χ1n) is 9.80. The Hall–Kier alpha value is -3.61.